The van der Waals surface area contributed by atoms with E-state index in [-0.39, 0.29) is 0 Å². The molecule has 0 aliphatic carbocycles. The van der Waals surface area contributed by atoms with Gasteiger partial charge in [-0.05, 0) is 30.5 Å². The van der Waals surface area contributed by atoms with E-state index in [1.807, 2.05) is 25.2 Å². The fourth-order valence-electron chi connectivity index (χ4n) is 1.68. The Bertz CT molecular complexity index is 467. The van der Waals surface area contributed by atoms with Crippen molar-refractivity contribution < 1.29 is 0 Å². The smallest absolute Gasteiger partial charge is 0.131 e. The number of pyridine rings is 1. The molecule has 0 aliphatic heterocycles. The van der Waals surface area contributed by atoms with E-state index < -0.39 is 0 Å². The van der Waals surface area contributed by atoms with Gasteiger partial charge in [0.15, 0.2) is 0 Å². The van der Waals surface area contributed by atoms with Gasteiger partial charge in [-0.2, -0.15) is 0 Å². The first-order chi connectivity index (χ1) is 8.22. The summed E-state index contributed by atoms with van der Waals surface area (Å²) in [5.74, 6) is 1.88. The van der Waals surface area contributed by atoms with E-state index in [0.717, 1.165) is 11.6 Å². The molecule has 4 heteroatoms. The standard InChI is InChI=1S/C13H17N3S/c1-10(11-6-5-9-17-11)16(3)13-8-4-7-12(14-2)15-13/h4-10H,1-3H3,(H,14,15). The Morgan fingerprint density at radius 2 is 2.12 bits per heavy atom. The molecular weight excluding hydrogens is 230 g/mol. The highest BCUT2D eigenvalue weighted by molar-refractivity contribution is 7.10. The number of rotatable bonds is 4. The van der Waals surface area contributed by atoms with Crippen molar-refractivity contribution in [1.29, 1.82) is 0 Å². The van der Waals surface area contributed by atoms with Gasteiger partial charge < -0.3 is 10.2 Å². The number of nitrogens with one attached hydrogen (secondary N) is 1. The van der Waals surface area contributed by atoms with E-state index in [9.17, 15) is 0 Å². The van der Waals surface area contributed by atoms with Crippen molar-refractivity contribution in [3.05, 3.63) is 40.6 Å². The van der Waals surface area contributed by atoms with Crippen molar-refractivity contribution in [3.8, 4) is 0 Å². The molecule has 0 spiro atoms. The third-order valence-corrected chi connectivity index (χ3v) is 3.93. The molecule has 1 atom stereocenters. The van der Waals surface area contributed by atoms with Crippen molar-refractivity contribution in [2.45, 2.75) is 13.0 Å². The number of aromatic nitrogens is 1. The Labute approximate surface area is 106 Å². The van der Waals surface area contributed by atoms with Gasteiger partial charge in [-0.3, -0.25) is 0 Å². The molecule has 0 fully saturated rings. The fourth-order valence-corrected chi connectivity index (χ4v) is 2.50. The first-order valence-corrected chi connectivity index (χ1v) is 6.51. The van der Waals surface area contributed by atoms with Crippen molar-refractivity contribution in [2.75, 3.05) is 24.3 Å². The Morgan fingerprint density at radius 3 is 2.76 bits per heavy atom. The number of thiophene rings is 1. The van der Waals surface area contributed by atoms with E-state index in [2.05, 4.69) is 46.7 Å². The molecule has 2 aromatic heterocycles. The van der Waals surface area contributed by atoms with Crippen LogP contribution in [-0.4, -0.2) is 19.1 Å². The molecule has 2 heterocycles. The van der Waals surface area contributed by atoms with E-state index in [1.54, 1.807) is 11.3 Å². The second-order valence-corrected chi connectivity index (χ2v) is 4.91. The summed E-state index contributed by atoms with van der Waals surface area (Å²) in [7, 11) is 3.96. The molecular formula is C13H17N3S. The summed E-state index contributed by atoms with van der Waals surface area (Å²) in [6.45, 7) is 2.19. The predicted molar refractivity (Wildman–Crippen MR) is 74.9 cm³/mol. The van der Waals surface area contributed by atoms with Crippen LogP contribution in [0.1, 0.15) is 17.8 Å². The highest BCUT2D eigenvalue weighted by Gasteiger charge is 2.14. The third-order valence-electron chi connectivity index (χ3n) is 2.89. The molecule has 0 bridgehead atoms. The van der Waals surface area contributed by atoms with Crippen LogP contribution in [0.2, 0.25) is 0 Å². The molecule has 0 radical (unpaired) electrons. The first kappa shape index (κ1) is 11.9. The number of hydrogen-bond donors (Lipinski definition) is 1. The van der Waals surface area contributed by atoms with Crippen LogP contribution in [0.4, 0.5) is 11.6 Å². The molecule has 0 amide bonds. The summed E-state index contributed by atoms with van der Waals surface area (Å²) in [6.07, 6.45) is 0. The molecule has 2 rings (SSSR count). The summed E-state index contributed by atoms with van der Waals surface area (Å²) >= 11 is 1.78. The maximum absolute atomic E-state index is 4.54. The van der Waals surface area contributed by atoms with E-state index >= 15 is 0 Å². The lowest BCUT2D eigenvalue weighted by atomic mass is 10.2. The Balaban J connectivity index is 2.21. The minimum Gasteiger partial charge on any atom is -0.373 e. The molecule has 0 saturated carbocycles. The maximum atomic E-state index is 4.54. The maximum Gasteiger partial charge on any atom is 0.131 e. The van der Waals surface area contributed by atoms with Gasteiger partial charge in [0.2, 0.25) is 0 Å². The van der Waals surface area contributed by atoms with E-state index in [0.29, 0.717) is 6.04 Å². The first-order valence-electron chi connectivity index (χ1n) is 5.63. The Hall–Kier alpha value is -1.55. The normalized spacial score (nSPS) is 12.2. The lowest BCUT2D eigenvalue weighted by Gasteiger charge is -2.25. The van der Waals surface area contributed by atoms with Crippen molar-refractivity contribution >= 4 is 23.0 Å². The average molecular weight is 247 g/mol. The summed E-state index contributed by atoms with van der Waals surface area (Å²) in [5.41, 5.74) is 0. The molecule has 1 N–H and O–H groups in total. The minimum atomic E-state index is 0.342. The monoisotopic (exact) mass is 247 g/mol. The summed E-state index contributed by atoms with van der Waals surface area (Å²) in [6, 6.07) is 10.6. The SMILES string of the molecule is CNc1cccc(N(C)C(C)c2cccs2)n1. The molecule has 0 aromatic carbocycles. The second-order valence-electron chi connectivity index (χ2n) is 3.93. The van der Waals surface area contributed by atoms with Gasteiger partial charge in [0.25, 0.3) is 0 Å². The summed E-state index contributed by atoms with van der Waals surface area (Å²) in [5, 5.41) is 5.17. The van der Waals surface area contributed by atoms with Crippen LogP contribution in [0.3, 0.4) is 0 Å². The van der Waals surface area contributed by atoms with Crippen LogP contribution in [0.15, 0.2) is 35.7 Å². The summed E-state index contributed by atoms with van der Waals surface area (Å²) in [4.78, 5) is 8.08. The zero-order valence-electron chi connectivity index (χ0n) is 10.3. The van der Waals surface area contributed by atoms with E-state index in [4.69, 9.17) is 0 Å². The Kier molecular flexibility index (Phi) is 3.64. The predicted octanol–water partition coefficient (Wildman–Crippen LogP) is 3.38. The Morgan fingerprint density at radius 1 is 1.29 bits per heavy atom. The highest BCUT2D eigenvalue weighted by atomic mass is 32.1. The summed E-state index contributed by atoms with van der Waals surface area (Å²) < 4.78 is 0. The van der Waals surface area contributed by atoms with Gasteiger partial charge >= 0.3 is 0 Å². The quantitative estimate of drug-likeness (QED) is 0.897. The zero-order valence-corrected chi connectivity index (χ0v) is 11.2. The van der Waals surface area contributed by atoms with Crippen LogP contribution in [0.25, 0.3) is 0 Å². The molecule has 17 heavy (non-hydrogen) atoms. The van der Waals surface area contributed by atoms with Gasteiger partial charge in [0.1, 0.15) is 11.6 Å². The van der Waals surface area contributed by atoms with Gasteiger partial charge in [-0.25, -0.2) is 4.98 Å². The lowest BCUT2D eigenvalue weighted by Crippen LogP contribution is -2.22. The molecule has 1 unspecified atom stereocenters. The van der Waals surface area contributed by atoms with Gasteiger partial charge in [-0.15, -0.1) is 11.3 Å². The number of nitrogens with zero attached hydrogens (tertiary/aromatic N) is 2. The largest absolute Gasteiger partial charge is 0.373 e. The van der Waals surface area contributed by atoms with Crippen LogP contribution in [-0.2, 0) is 0 Å². The van der Waals surface area contributed by atoms with Gasteiger partial charge in [-0.1, -0.05) is 12.1 Å². The van der Waals surface area contributed by atoms with Crippen LogP contribution in [0, 0.1) is 0 Å². The second kappa shape index (κ2) is 5.19. The number of anilines is 2. The molecule has 2 aromatic rings. The van der Waals surface area contributed by atoms with Crippen LogP contribution < -0.4 is 10.2 Å². The lowest BCUT2D eigenvalue weighted by molar-refractivity contribution is 0.743. The minimum absolute atomic E-state index is 0.342. The van der Waals surface area contributed by atoms with Gasteiger partial charge in [0, 0.05) is 19.0 Å². The van der Waals surface area contributed by atoms with Crippen LogP contribution >= 0.6 is 11.3 Å². The zero-order chi connectivity index (χ0) is 12.3. The van der Waals surface area contributed by atoms with Crippen molar-refractivity contribution in [1.82, 2.24) is 4.98 Å². The topological polar surface area (TPSA) is 28.2 Å². The number of hydrogen-bond acceptors (Lipinski definition) is 4. The van der Waals surface area contributed by atoms with E-state index in [1.165, 1.54) is 4.88 Å². The fraction of sp³-hybridized carbons (Fsp3) is 0.308. The van der Waals surface area contributed by atoms with Crippen LogP contribution in [0.5, 0.6) is 0 Å². The molecule has 90 valence electrons. The average Bonchev–Trinajstić information content (AvgIpc) is 2.91. The molecule has 3 nitrogen and oxygen atoms in total. The van der Waals surface area contributed by atoms with Crippen molar-refractivity contribution in [2.24, 2.45) is 0 Å². The third kappa shape index (κ3) is 2.58. The molecule has 0 aliphatic rings. The van der Waals surface area contributed by atoms with Gasteiger partial charge in [0.05, 0.1) is 6.04 Å². The van der Waals surface area contributed by atoms with Crippen molar-refractivity contribution in [3.63, 3.8) is 0 Å². The highest BCUT2D eigenvalue weighted by Crippen LogP contribution is 2.27. The molecule has 0 saturated heterocycles.